The fourth-order valence-electron chi connectivity index (χ4n) is 2.35. The van der Waals surface area contributed by atoms with Gasteiger partial charge >= 0.3 is 0 Å². The normalized spacial score (nSPS) is 10.9. The third-order valence-electron chi connectivity index (χ3n) is 3.93. The molecule has 0 aliphatic carbocycles. The Hall–Kier alpha value is -3.04. The van der Waals surface area contributed by atoms with Gasteiger partial charge in [-0.3, -0.25) is 0 Å². The molecule has 0 unspecified atom stereocenters. The van der Waals surface area contributed by atoms with Crippen LogP contribution in [0.15, 0.2) is 60.2 Å². The Morgan fingerprint density at radius 3 is 1.82 bits per heavy atom. The molecule has 0 saturated carbocycles. The van der Waals surface area contributed by atoms with Crippen LogP contribution in [0.25, 0.3) is 0 Å². The van der Waals surface area contributed by atoms with Crippen LogP contribution >= 0.6 is 0 Å². The van der Waals surface area contributed by atoms with Crippen LogP contribution in [0.3, 0.4) is 0 Å². The molecule has 0 saturated heterocycles. The predicted molar refractivity (Wildman–Crippen MR) is 110 cm³/mol. The summed E-state index contributed by atoms with van der Waals surface area (Å²) < 4.78 is 33.1. The van der Waals surface area contributed by atoms with Gasteiger partial charge in [0.25, 0.3) is 0 Å². The van der Waals surface area contributed by atoms with Crippen molar-refractivity contribution in [1.29, 1.82) is 0 Å². The summed E-state index contributed by atoms with van der Waals surface area (Å²) >= 11 is 0. The molecule has 0 radical (unpaired) electrons. The van der Waals surface area contributed by atoms with Gasteiger partial charge in [0, 0.05) is 11.1 Å². The minimum Gasteiger partial charge on any atom is -0.494 e. The number of unbranched alkanes of at least 4 members (excludes halogenated alkanes) is 1. The van der Waals surface area contributed by atoms with Crippen molar-refractivity contribution in [3.63, 3.8) is 0 Å². The number of allylic oxidation sites excluding steroid dienone is 2. The summed E-state index contributed by atoms with van der Waals surface area (Å²) in [6.45, 7) is 4.80. The lowest BCUT2D eigenvalue weighted by Gasteiger charge is -2.03. The lowest BCUT2D eigenvalue weighted by molar-refractivity contribution is 0.317. The van der Waals surface area contributed by atoms with Crippen LogP contribution in [0, 0.1) is 23.7 Å². The summed E-state index contributed by atoms with van der Waals surface area (Å²) in [5.74, 6) is 7.98. The van der Waals surface area contributed by atoms with Crippen molar-refractivity contribution in [2.24, 2.45) is 0 Å². The van der Waals surface area contributed by atoms with Gasteiger partial charge in [0.1, 0.15) is 5.75 Å². The van der Waals surface area contributed by atoms with E-state index >= 15 is 0 Å². The highest BCUT2D eigenvalue weighted by Crippen LogP contribution is 2.13. The van der Waals surface area contributed by atoms with Gasteiger partial charge in [0.05, 0.1) is 6.61 Å². The van der Waals surface area contributed by atoms with Crippen molar-refractivity contribution in [2.75, 3.05) is 6.61 Å². The highest BCUT2D eigenvalue weighted by molar-refractivity contribution is 5.46. The highest BCUT2D eigenvalue weighted by Gasteiger charge is 2.00. The second kappa shape index (κ2) is 11.6. The third-order valence-corrected chi connectivity index (χ3v) is 3.93. The highest BCUT2D eigenvalue weighted by atomic mass is 19.2. The van der Waals surface area contributed by atoms with Gasteiger partial charge in [0.15, 0.2) is 0 Å². The summed E-state index contributed by atoms with van der Waals surface area (Å²) in [7, 11) is 0. The summed E-state index contributed by atoms with van der Waals surface area (Å²) in [4.78, 5) is 0. The van der Waals surface area contributed by atoms with Crippen LogP contribution in [0.4, 0.5) is 8.78 Å². The topological polar surface area (TPSA) is 9.23 Å². The molecule has 0 bridgehead atoms. The van der Waals surface area contributed by atoms with Gasteiger partial charge in [-0.1, -0.05) is 44.2 Å². The SMILES string of the molecule is CCCCc1ccc(C#C/C(F)=C(\F)C#Cc2ccc(OCCC)cc2)cc1. The van der Waals surface area contributed by atoms with Gasteiger partial charge in [0.2, 0.25) is 11.7 Å². The van der Waals surface area contributed by atoms with Crippen LogP contribution in [-0.4, -0.2) is 6.61 Å². The van der Waals surface area contributed by atoms with E-state index in [9.17, 15) is 8.78 Å². The molecule has 3 heteroatoms. The fourth-order valence-corrected chi connectivity index (χ4v) is 2.35. The molecular formula is C25H24F2O. The molecule has 28 heavy (non-hydrogen) atoms. The molecule has 0 aliphatic heterocycles. The first kappa shape index (κ1) is 21.3. The number of benzene rings is 2. The minimum atomic E-state index is -1.17. The Bertz CT molecular complexity index is 824. The van der Waals surface area contributed by atoms with Crippen molar-refractivity contribution in [1.82, 2.24) is 0 Å². The van der Waals surface area contributed by atoms with Crippen molar-refractivity contribution in [3.05, 3.63) is 76.9 Å². The zero-order chi connectivity index (χ0) is 20.2. The zero-order valence-electron chi connectivity index (χ0n) is 16.3. The van der Waals surface area contributed by atoms with Gasteiger partial charge in [-0.2, -0.15) is 8.78 Å². The van der Waals surface area contributed by atoms with E-state index in [1.807, 2.05) is 31.2 Å². The molecule has 2 rings (SSSR count). The molecule has 0 atom stereocenters. The molecule has 0 spiro atoms. The van der Waals surface area contributed by atoms with Crippen LogP contribution in [0.1, 0.15) is 49.8 Å². The smallest absolute Gasteiger partial charge is 0.217 e. The van der Waals surface area contributed by atoms with E-state index in [4.69, 9.17) is 4.74 Å². The molecule has 0 fully saturated rings. The average Bonchev–Trinajstić information content (AvgIpc) is 2.74. The van der Waals surface area contributed by atoms with Crippen LogP contribution in [0.2, 0.25) is 0 Å². The number of rotatable bonds is 6. The zero-order valence-corrected chi connectivity index (χ0v) is 16.3. The number of aryl methyl sites for hydroxylation is 1. The van der Waals surface area contributed by atoms with Gasteiger partial charge in [-0.05, 0) is 73.1 Å². The number of hydrogen-bond donors (Lipinski definition) is 0. The van der Waals surface area contributed by atoms with Crippen LogP contribution in [0.5, 0.6) is 5.75 Å². The first-order chi connectivity index (χ1) is 13.6. The van der Waals surface area contributed by atoms with E-state index in [1.165, 1.54) is 5.56 Å². The number of halogens is 2. The monoisotopic (exact) mass is 378 g/mol. The standard InChI is InChI=1S/C25H24F2O/c1-3-5-6-20-7-9-21(10-8-20)13-17-24(26)25(27)18-14-22-11-15-23(16-12-22)28-19-4-2/h7-12,15-16H,3-6,19H2,1-2H3/b25-24+. The van der Waals surface area contributed by atoms with Crippen molar-refractivity contribution >= 4 is 0 Å². The number of hydrogen-bond acceptors (Lipinski definition) is 1. The average molecular weight is 378 g/mol. The maximum absolute atomic E-state index is 13.8. The lowest BCUT2D eigenvalue weighted by Crippen LogP contribution is -1.94. The van der Waals surface area contributed by atoms with Crippen molar-refractivity contribution in [2.45, 2.75) is 39.5 Å². The van der Waals surface area contributed by atoms with E-state index in [2.05, 4.69) is 30.6 Å². The first-order valence-electron chi connectivity index (χ1n) is 9.53. The maximum atomic E-state index is 13.8. The number of ether oxygens (including phenoxy) is 1. The van der Waals surface area contributed by atoms with E-state index in [0.717, 1.165) is 31.4 Å². The van der Waals surface area contributed by atoms with E-state index in [1.54, 1.807) is 24.3 Å². The lowest BCUT2D eigenvalue weighted by atomic mass is 10.1. The fraction of sp³-hybridized carbons (Fsp3) is 0.280. The summed E-state index contributed by atoms with van der Waals surface area (Å²) in [5.41, 5.74) is 2.42. The third kappa shape index (κ3) is 7.29. The van der Waals surface area contributed by atoms with Crippen LogP contribution in [-0.2, 0) is 6.42 Å². The van der Waals surface area contributed by atoms with Crippen LogP contribution < -0.4 is 4.74 Å². The molecule has 0 aromatic heterocycles. The maximum Gasteiger partial charge on any atom is 0.217 e. The molecule has 0 N–H and O–H groups in total. The Kier molecular flexibility index (Phi) is 8.83. The van der Waals surface area contributed by atoms with Crippen molar-refractivity contribution < 1.29 is 13.5 Å². The van der Waals surface area contributed by atoms with Gasteiger partial charge in [-0.15, -0.1) is 0 Å². The second-order valence-electron chi connectivity index (χ2n) is 6.30. The molecule has 2 aromatic rings. The molecule has 0 heterocycles. The molecule has 0 amide bonds. The Morgan fingerprint density at radius 1 is 0.786 bits per heavy atom. The van der Waals surface area contributed by atoms with E-state index in [0.29, 0.717) is 17.7 Å². The summed E-state index contributed by atoms with van der Waals surface area (Å²) in [5, 5.41) is 0. The summed E-state index contributed by atoms with van der Waals surface area (Å²) in [6.07, 6.45) is 4.19. The Balaban J connectivity index is 2.02. The Morgan fingerprint density at radius 2 is 1.32 bits per heavy atom. The van der Waals surface area contributed by atoms with E-state index < -0.39 is 11.7 Å². The van der Waals surface area contributed by atoms with Crippen molar-refractivity contribution in [3.8, 4) is 29.4 Å². The van der Waals surface area contributed by atoms with Gasteiger partial charge < -0.3 is 4.74 Å². The largest absolute Gasteiger partial charge is 0.494 e. The molecule has 0 aliphatic rings. The van der Waals surface area contributed by atoms with E-state index in [-0.39, 0.29) is 0 Å². The summed E-state index contributed by atoms with van der Waals surface area (Å²) in [6, 6.07) is 14.5. The quantitative estimate of drug-likeness (QED) is 0.531. The molecule has 2 aromatic carbocycles. The second-order valence-corrected chi connectivity index (χ2v) is 6.30. The molecule has 144 valence electrons. The molecule has 1 nitrogen and oxygen atoms in total. The van der Waals surface area contributed by atoms with Gasteiger partial charge in [-0.25, -0.2) is 0 Å². The predicted octanol–water partition coefficient (Wildman–Crippen LogP) is 6.37. The minimum absolute atomic E-state index is 0.572. The molecular weight excluding hydrogens is 354 g/mol. The Labute approximate surface area is 166 Å². The first-order valence-corrected chi connectivity index (χ1v) is 9.53.